The van der Waals surface area contributed by atoms with Gasteiger partial charge >= 0.3 is 0 Å². The van der Waals surface area contributed by atoms with Crippen LogP contribution >= 0.6 is 0 Å². The number of aliphatic hydroxyl groups excluding tert-OH is 1. The number of pyridine rings is 1. The van der Waals surface area contributed by atoms with E-state index in [4.69, 9.17) is 14.6 Å². The summed E-state index contributed by atoms with van der Waals surface area (Å²) in [6, 6.07) is 1.90. The Balaban J connectivity index is 1.74. The van der Waals surface area contributed by atoms with Gasteiger partial charge in [-0.05, 0) is 59.9 Å². The van der Waals surface area contributed by atoms with Gasteiger partial charge in [0.2, 0.25) is 11.8 Å². The summed E-state index contributed by atoms with van der Waals surface area (Å²) in [4.78, 5) is 6.85. The molecular weight excluding hydrogens is 484 g/mol. The lowest BCUT2D eigenvalue weighted by molar-refractivity contribution is 0.0914. The van der Waals surface area contributed by atoms with E-state index >= 15 is 0 Å². The average molecular weight is 521 g/mol. The Morgan fingerprint density at radius 3 is 2.76 bits per heavy atom. The van der Waals surface area contributed by atoms with Crippen LogP contribution in [0.3, 0.4) is 0 Å². The van der Waals surface area contributed by atoms with Crippen LogP contribution in [0.1, 0.15) is 56.4 Å². The second-order valence-corrected chi connectivity index (χ2v) is 10.0. The maximum absolute atomic E-state index is 9.99. The molecule has 3 atom stereocenters. The Hall–Kier alpha value is -3.70. The highest BCUT2D eigenvalue weighted by atomic mass is 16.5. The number of aromatic nitrogens is 7. The molecule has 2 N–H and O–H groups in total. The number of ether oxygens (including phenoxy) is 2. The van der Waals surface area contributed by atoms with Crippen molar-refractivity contribution >= 4 is 23.2 Å². The summed E-state index contributed by atoms with van der Waals surface area (Å²) >= 11 is 0. The third-order valence-corrected chi connectivity index (χ3v) is 7.36. The first-order chi connectivity index (χ1) is 18.2. The van der Waals surface area contributed by atoms with E-state index in [1.54, 1.807) is 4.68 Å². The van der Waals surface area contributed by atoms with Crippen molar-refractivity contribution in [2.24, 2.45) is 7.05 Å². The van der Waals surface area contributed by atoms with Gasteiger partial charge in [-0.25, -0.2) is 9.67 Å². The van der Waals surface area contributed by atoms with Crippen LogP contribution in [-0.2, 0) is 13.6 Å². The van der Waals surface area contributed by atoms with Crippen LogP contribution in [0.4, 0.5) is 0 Å². The molecule has 202 valence electrons. The number of rotatable bonds is 4. The second-order valence-electron chi connectivity index (χ2n) is 10.0. The molecule has 0 amide bonds. The Bertz CT molecular complexity index is 1480. The van der Waals surface area contributed by atoms with Crippen LogP contribution in [0.25, 0.3) is 34.3 Å². The molecule has 1 aliphatic heterocycles. The van der Waals surface area contributed by atoms with Crippen molar-refractivity contribution in [2.75, 3.05) is 20.3 Å². The fourth-order valence-corrected chi connectivity index (χ4v) is 4.94. The molecule has 5 rings (SSSR count). The molecule has 0 aliphatic carbocycles. The molecule has 11 nitrogen and oxygen atoms in total. The van der Waals surface area contributed by atoms with E-state index in [2.05, 4.69) is 52.1 Å². The van der Waals surface area contributed by atoms with E-state index in [1.165, 1.54) is 0 Å². The van der Waals surface area contributed by atoms with Crippen molar-refractivity contribution < 1.29 is 14.6 Å². The minimum absolute atomic E-state index is 0.0373. The standard InChI is InChI=1S/C27H36N8O3/c1-8-37-26-20-9-10-22-21-11-19(12-28-25(21)30-29-22)24-16(3)31-34(7)27(24)38-18(5)17(4)33(6)13-23(20)35(32-26)15(2)14-36/h9-12,15,17-18,36H,8,13-14H2,1-7H3,(H,28,29,30)/b10-9+/t15-,17+,18?/m0/s1. The number of hydrogen-bond acceptors (Lipinski definition) is 8. The highest BCUT2D eigenvalue weighted by molar-refractivity contribution is 5.91. The molecule has 4 aromatic heterocycles. The maximum Gasteiger partial charge on any atom is 0.240 e. The minimum atomic E-state index is -0.217. The lowest BCUT2D eigenvalue weighted by atomic mass is 10.1. The van der Waals surface area contributed by atoms with Gasteiger partial charge in [-0.2, -0.15) is 10.2 Å². The summed E-state index contributed by atoms with van der Waals surface area (Å²) in [7, 11) is 3.97. The number of aryl methyl sites for hydroxylation is 2. The van der Waals surface area contributed by atoms with E-state index < -0.39 is 0 Å². The highest BCUT2D eigenvalue weighted by Crippen LogP contribution is 2.36. The lowest BCUT2D eigenvalue weighted by Crippen LogP contribution is -2.41. The predicted octanol–water partition coefficient (Wildman–Crippen LogP) is 3.59. The summed E-state index contributed by atoms with van der Waals surface area (Å²) in [5, 5.41) is 27.8. The van der Waals surface area contributed by atoms with Gasteiger partial charge in [-0.15, -0.1) is 5.10 Å². The van der Waals surface area contributed by atoms with Gasteiger partial charge in [0, 0.05) is 36.8 Å². The van der Waals surface area contributed by atoms with Gasteiger partial charge in [-0.1, -0.05) is 0 Å². The smallest absolute Gasteiger partial charge is 0.240 e. The zero-order chi connectivity index (χ0) is 27.1. The molecule has 0 spiro atoms. The number of nitrogens with zero attached hydrogens (tertiary/aromatic N) is 7. The first kappa shape index (κ1) is 25.9. The molecule has 4 aromatic rings. The predicted molar refractivity (Wildman–Crippen MR) is 146 cm³/mol. The third kappa shape index (κ3) is 4.45. The van der Waals surface area contributed by atoms with Gasteiger partial charge in [0.05, 0.1) is 47.5 Å². The molecule has 11 heteroatoms. The van der Waals surface area contributed by atoms with Crippen LogP contribution in [0.2, 0.25) is 0 Å². The number of aromatic amines is 1. The van der Waals surface area contributed by atoms with E-state index in [1.807, 2.05) is 50.8 Å². The van der Waals surface area contributed by atoms with E-state index in [0.29, 0.717) is 30.6 Å². The summed E-state index contributed by atoms with van der Waals surface area (Å²) < 4.78 is 16.2. The Morgan fingerprint density at radius 2 is 2.03 bits per heavy atom. The monoisotopic (exact) mass is 520 g/mol. The van der Waals surface area contributed by atoms with Crippen molar-refractivity contribution in [1.82, 2.24) is 39.6 Å². The molecule has 1 unspecified atom stereocenters. The Kier molecular flexibility index (Phi) is 6.97. The van der Waals surface area contributed by atoms with Gasteiger partial charge in [0.1, 0.15) is 6.10 Å². The molecule has 5 heterocycles. The van der Waals surface area contributed by atoms with Crippen molar-refractivity contribution in [3.8, 4) is 22.9 Å². The fraction of sp³-hybridized carbons (Fsp3) is 0.481. The normalized spacial score (nSPS) is 19.9. The summed E-state index contributed by atoms with van der Waals surface area (Å²) in [5.41, 5.74) is 5.96. The van der Waals surface area contributed by atoms with Crippen LogP contribution in [-0.4, -0.2) is 77.2 Å². The lowest BCUT2D eigenvalue weighted by Gasteiger charge is -2.31. The van der Waals surface area contributed by atoms with Crippen LogP contribution in [0, 0.1) is 6.92 Å². The number of hydrogen-bond donors (Lipinski definition) is 2. The molecule has 1 aliphatic rings. The average Bonchev–Trinajstić information content (AvgIpc) is 3.54. The topological polar surface area (TPSA) is 119 Å². The fourth-order valence-electron chi connectivity index (χ4n) is 4.94. The zero-order valence-corrected chi connectivity index (χ0v) is 23.1. The highest BCUT2D eigenvalue weighted by Gasteiger charge is 2.28. The number of likely N-dealkylation sites (N-methyl/N-ethyl adjacent to an activating group) is 1. The van der Waals surface area contributed by atoms with E-state index in [0.717, 1.165) is 39.2 Å². The van der Waals surface area contributed by atoms with Crippen molar-refractivity contribution in [3.05, 3.63) is 34.9 Å². The molecule has 0 saturated heterocycles. The first-order valence-corrected chi connectivity index (χ1v) is 13.0. The van der Waals surface area contributed by atoms with Gasteiger partial charge in [-0.3, -0.25) is 14.7 Å². The van der Waals surface area contributed by atoms with Crippen LogP contribution < -0.4 is 9.47 Å². The quantitative estimate of drug-likeness (QED) is 0.419. The Labute approximate surface area is 222 Å². The third-order valence-electron chi connectivity index (χ3n) is 7.36. The van der Waals surface area contributed by atoms with Crippen molar-refractivity contribution in [3.63, 3.8) is 0 Å². The SMILES string of the molecule is CCOc1nn([C@@H](C)CO)c2c1/C=C/c1[nH]nc3ncc(cc13)-c1c(C)nn(C)c1OC(C)[C@@H](C)N(C)C2. The number of H-pyrrole nitrogens is 1. The molecule has 0 saturated carbocycles. The number of aliphatic hydroxyl groups is 1. The van der Waals surface area contributed by atoms with Crippen molar-refractivity contribution in [2.45, 2.75) is 59.4 Å². The summed E-state index contributed by atoms with van der Waals surface area (Å²) in [5.74, 6) is 1.23. The minimum Gasteiger partial charge on any atom is -0.476 e. The summed E-state index contributed by atoms with van der Waals surface area (Å²) in [6.07, 6.45) is 5.65. The maximum atomic E-state index is 9.99. The zero-order valence-electron chi connectivity index (χ0n) is 23.1. The largest absolute Gasteiger partial charge is 0.476 e. The molecule has 0 radical (unpaired) electrons. The first-order valence-electron chi connectivity index (χ1n) is 13.0. The number of fused-ring (bicyclic) bond motifs is 4. The molecule has 2 bridgehead atoms. The van der Waals surface area contributed by atoms with Gasteiger partial charge < -0.3 is 14.6 Å². The van der Waals surface area contributed by atoms with Crippen LogP contribution in [0.5, 0.6) is 11.8 Å². The number of nitrogens with one attached hydrogen (secondary N) is 1. The van der Waals surface area contributed by atoms with E-state index in [-0.39, 0.29) is 24.8 Å². The molecule has 38 heavy (non-hydrogen) atoms. The molecular formula is C27H36N8O3. The second kappa shape index (κ2) is 10.2. The van der Waals surface area contributed by atoms with E-state index in [9.17, 15) is 5.11 Å². The van der Waals surface area contributed by atoms with Gasteiger partial charge in [0.15, 0.2) is 5.65 Å². The molecule has 0 fully saturated rings. The van der Waals surface area contributed by atoms with Crippen molar-refractivity contribution in [1.29, 1.82) is 0 Å². The van der Waals surface area contributed by atoms with Crippen LogP contribution in [0.15, 0.2) is 12.3 Å². The molecule has 0 aromatic carbocycles. The Morgan fingerprint density at radius 1 is 1.24 bits per heavy atom. The van der Waals surface area contributed by atoms with Gasteiger partial charge in [0.25, 0.3) is 0 Å². The summed E-state index contributed by atoms with van der Waals surface area (Å²) in [6.45, 7) is 11.1.